The van der Waals surface area contributed by atoms with E-state index in [1.807, 2.05) is 24.3 Å². The van der Waals surface area contributed by atoms with Crippen molar-refractivity contribution in [3.63, 3.8) is 0 Å². The van der Waals surface area contributed by atoms with Gasteiger partial charge in [0.05, 0.1) is 19.1 Å². The highest BCUT2D eigenvalue weighted by atomic mass is 32.2. The number of aryl methyl sites for hydroxylation is 1. The first kappa shape index (κ1) is 21.6. The summed E-state index contributed by atoms with van der Waals surface area (Å²) in [5, 5.41) is 2.82. The molecule has 2 aromatic rings. The maximum absolute atomic E-state index is 11.9. The third-order valence-electron chi connectivity index (χ3n) is 4.19. The third kappa shape index (κ3) is 6.77. The quantitative estimate of drug-likeness (QED) is 0.612. The van der Waals surface area contributed by atoms with Crippen LogP contribution in [0.5, 0.6) is 11.5 Å². The van der Waals surface area contributed by atoms with Crippen LogP contribution in [-0.2, 0) is 21.2 Å². The van der Waals surface area contributed by atoms with Gasteiger partial charge < -0.3 is 14.8 Å². The standard InChI is InChI=1S/C20H26N2O5S/c1-22(28(3,24)25)17-8-12-19(13-9-17)27-15-20(23)21-14-4-5-16-6-10-18(26-2)11-7-16/h6-13H,4-5,14-15H2,1-3H3,(H,21,23). The lowest BCUT2D eigenvalue weighted by Crippen LogP contribution is -2.30. The largest absolute Gasteiger partial charge is 0.497 e. The number of anilines is 1. The number of methoxy groups -OCH3 is 1. The van der Waals surface area contributed by atoms with Crippen LogP contribution < -0.4 is 19.1 Å². The molecule has 2 aromatic carbocycles. The molecule has 8 heteroatoms. The molecule has 7 nitrogen and oxygen atoms in total. The Morgan fingerprint density at radius 3 is 2.21 bits per heavy atom. The Balaban J connectivity index is 1.69. The van der Waals surface area contributed by atoms with Crippen LogP contribution in [0.4, 0.5) is 5.69 Å². The van der Waals surface area contributed by atoms with Crippen LogP contribution in [0.2, 0.25) is 0 Å². The molecule has 0 aliphatic heterocycles. The predicted octanol–water partition coefficient (Wildman–Crippen LogP) is 2.22. The van der Waals surface area contributed by atoms with E-state index >= 15 is 0 Å². The zero-order valence-electron chi connectivity index (χ0n) is 16.3. The summed E-state index contributed by atoms with van der Waals surface area (Å²) in [7, 11) is -0.198. The number of benzene rings is 2. The maximum Gasteiger partial charge on any atom is 0.257 e. The molecule has 0 radical (unpaired) electrons. The molecule has 1 amide bonds. The number of carbonyl (C=O) groups is 1. The summed E-state index contributed by atoms with van der Waals surface area (Å²) >= 11 is 0. The Labute approximate surface area is 166 Å². The van der Waals surface area contributed by atoms with Crippen molar-refractivity contribution in [3.8, 4) is 11.5 Å². The molecule has 0 aliphatic rings. The highest BCUT2D eigenvalue weighted by Gasteiger charge is 2.11. The minimum Gasteiger partial charge on any atom is -0.497 e. The van der Waals surface area contributed by atoms with E-state index in [0.717, 1.165) is 24.8 Å². The number of rotatable bonds is 10. The number of hydrogen-bond donors (Lipinski definition) is 1. The molecule has 152 valence electrons. The number of amides is 1. The van der Waals surface area contributed by atoms with Gasteiger partial charge in [0.2, 0.25) is 10.0 Å². The van der Waals surface area contributed by atoms with E-state index < -0.39 is 10.0 Å². The molecule has 0 bridgehead atoms. The summed E-state index contributed by atoms with van der Waals surface area (Å²) in [5.41, 5.74) is 1.71. The van der Waals surface area contributed by atoms with Gasteiger partial charge in [-0.05, 0) is 54.8 Å². The van der Waals surface area contributed by atoms with Crippen LogP contribution in [0.1, 0.15) is 12.0 Å². The van der Waals surface area contributed by atoms with Crippen molar-refractivity contribution in [1.29, 1.82) is 0 Å². The summed E-state index contributed by atoms with van der Waals surface area (Å²) in [5.74, 6) is 1.12. The highest BCUT2D eigenvalue weighted by Crippen LogP contribution is 2.20. The lowest BCUT2D eigenvalue weighted by molar-refractivity contribution is -0.123. The minimum absolute atomic E-state index is 0.0935. The van der Waals surface area contributed by atoms with Crippen molar-refractivity contribution >= 4 is 21.6 Å². The summed E-state index contributed by atoms with van der Waals surface area (Å²) in [6, 6.07) is 14.4. The molecule has 28 heavy (non-hydrogen) atoms. The summed E-state index contributed by atoms with van der Waals surface area (Å²) < 4.78 is 34.8. The average molecular weight is 407 g/mol. The van der Waals surface area contributed by atoms with E-state index in [0.29, 0.717) is 18.0 Å². The van der Waals surface area contributed by atoms with E-state index in [9.17, 15) is 13.2 Å². The van der Waals surface area contributed by atoms with Gasteiger partial charge in [-0.2, -0.15) is 0 Å². The van der Waals surface area contributed by atoms with E-state index in [1.54, 1.807) is 31.4 Å². The van der Waals surface area contributed by atoms with Crippen molar-refractivity contribution in [2.45, 2.75) is 12.8 Å². The van der Waals surface area contributed by atoms with Gasteiger partial charge in [0.1, 0.15) is 11.5 Å². The van der Waals surface area contributed by atoms with E-state index in [1.165, 1.54) is 16.9 Å². The lowest BCUT2D eigenvalue weighted by atomic mass is 10.1. The van der Waals surface area contributed by atoms with Crippen LogP contribution in [0.25, 0.3) is 0 Å². The molecule has 0 aromatic heterocycles. The monoisotopic (exact) mass is 406 g/mol. The topological polar surface area (TPSA) is 84.9 Å². The average Bonchev–Trinajstić information content (AvgIpc) is 2.69. The Kier molecular flexibility index (Phi) is 7.69. The Morgan fingerprint density at radius 2 is 1.64 bits per heavy atom. The molecular formula is C20H26N2O5S. The second-order valence-electron chi connectivity index (χ2n) is 6.31. The minimum atomic E-state index is -3.31. The molecule has 0 unspecified atom stereocenters. The Bertz CT molecular complexity index is 864. The second kappa shape index (κ2) is 9.98. The normalized spacial score (nSPS) is 11.0. The number of carbonyl (C=O) groups excluding carboxylic acids is 1. The van der Waals surface area contributed by atoms with Crippen molar-refractivity contribution in [3.05, 3.63) is 54.1 Å². The van der Waals surface area contributed by atoms with Crippen molar-refractivity contribution in [1.82, 2.24) is 5.32 Å². The summed E-state index contributed by atoms with van der Waals surface area (Å²) in [6.45, 7) is 0.468. The van der Waals surface area contributed by atoms with Crippen molar-refractivity contribution in [2.24, 2.45) is 0 Å². The number of hydrogen-bond acceptors (Lipinski definition) is 5. The molecule has 0 spiro atoms. The van der Waals surface area contributed by atoms with Gasteiger partial charge >= 0.3 is 0 Å². The van der Waals surface area contributed by atoms with Crippen LogP contribution in [0, 0.1) is 0 Å². The lowest BCUT2D eigenvalue weighted by Gasteiger charge is -2.16. The van der Waals surface area contributed by atoms with E-state index in [4.69, 9.17) is 9.47 Å². The molecule has 0 atom stereocenters. The number of ether oxygens (including phenoxy) is 2. The van der Waals surface area contributed by atoms with Gasteiger partial charge in [0.25, 0.3) is 5.91 Å². The molecule has 0 aliphatic carbocycles. The molecular weight excluding hydrogens is 380 g/mol. The van der Waals surface area contributed by atoms with Gasteiger partial charge in [-0.3, -0.25) is 9.10 Å². The number of nitrogens with one attached hydrogen (secondary N) is 1. The fourth-order valence-corrected chi connectivity index (χ4v) is 2.96. The van der Waals surface area contributed by atoms with Crippen molar-refractivity contribution in [2.75, 3.05) is 37.9 Å². The first-order valence-electron chi connectivity index (χ1n) is 8.86. The second-order valence-corrected chi connectivity index (χ2v) is 8.33. The Hall–Kier alpha value is -2.74. The highest BCUT2D eigenvalue weighted by molar-refractivity contribution is 7.92. The van der Waals surface area contributed by atoms with Gasteiger partial charge in [-0.15, -0.1) is 0 Å². The van der Waals surface area contributed by atoms with Gasteiger partial charge in [-0.25, -0.2) is 8.42 Å². The predicted molar refractivity (Wildman–Crippen MR) is 110 cm³/mol. The fourth-order valence-electron chi connectivity index (χ4n) is 2.46. The molecule has 0 saturated carbocycles. The molecule has 0 fully saturated rings. The fraction of sp³-hybridized carbons (Fsp3) is 0.350. The van der Waals surface area contributed by atoms with E-state index in [-0.39, 0.29) is 12.5 Å². The molecule has 0 heterocycles. The summed E-state index contributed by atoms with van der Waals surface area (Å²) in [6.07, 6.45) is 2.82. The van der Waals surface area contributed by atoms with Crippen LogP contribution >= 0.6 is 0 Å². The van der Waals surface area contributed by atoms with Gasteiger partial charge in [0.15, 0.2) is 6.61 Å². The molecule has 1 N–H and O–H groups in total. The van der Waals surface area contributed by atoms with Gasteiger partial charge in [-0.1, -0.05) is 12.1 Å². The zero-order valence-corrected chi connectivity index (χ0v) is 17.2. The van der Waals surface area contributed by atoms with Crippen molar-refractivity contribution < 1.29 is 22.7 Å². The SMILES string of the molecule is COc1ccc(CCCNC(=O)COc2ccc(N(C)S(C)(=O)=O)cc2)cc1. The van der Waals surface area contributed by atoms with Crippen LogP contribution in [0.3, 0.4) is 0 Å². The molecule has 2 rings (SSSR count). The number of nitrogens with zero attached hydrogens (tertiary/aromatic N) is 1. The van der Waals surface area contributed by atoms with E-state index in [2.05, 4.69) is 5.32 Å². The first-order chi connectivity index (χ1) is 13.3. The van der Waals surface area contributed by atoms with Gasteiger partial charge in [0, 0.05) is 13.6 Å². The smallest absolute Gasteiger partial charge is 0.257 e. The maximum atomic E-state index is 11.9. The summed E-state index contributed by atoms with van der Waals surface area (Å²) in [4.78, 5) is 11.9. The number of sulfonamides is 1. The zero-order chi connectivity index (χ0) is 20.6. The Morgan fingerprint density at radius 1 is 1.04 bits per heavy atom. The third-order valence-corrected chi connectivity index (χ3v) is 5.40. The first-order valence-corrected chi connectivity index (χ1v) is 10.7. The molecule has 0 saturated heterocycles. The van der Waals surface area contributed by atoms with Crippen LogP contribution in [-0.4, -0.2) is 47.9 Å². The van der Waals surface area contributed by atoms with Crippen LogP contribution in [0.15, 0.2) is 48.5 Å².